The summed E-state index contributed by atoms with van der Waals surface area (Å²) in [6.07, 6.45) is 2.51. The standard InChI is InChI=1S/C22H23ClFN3O5/c1-3-27-21(31)17-19(29)18(28)14(10-26(17)11-22(27)7-13(8-22)32-2)20(30)25-9-12-5-4-6-15(23)16(12)24/h4-6,10,13,17H,3,7-9,11H2,1-2H3,(H,25,30)/t13-,17?,22-. The number of carbonyl (C=O) groups excluding carboxylic acids is 4. The summed E-state index contributed by atoms with van der Waals surface area (Å²) in [5.74, 6) is -3.89. The fourth-order valence-corrected chi connectivity index (χ4v) is 5.01. The fraction of sp³-hybridized carbons (Fsp3) is 0.455. The largest absolute Gasteiger partial charge is 0.381 e. The molecule has 1 aromatic carbocycles. The van der Waals surface area contributed by atoms with E-state index in [0.717, 1.165) is 0 Å². The zero-order chi connectivity index (χ0) is 23.2. The number of rotatable bonds is 5. The number of hydrogen-bond donors (Lipinski definition) is 1. The molecule has 32 heavy (non-hydrogen) atoms. The predicted octanol–water partition coefficient (Wildman–Crippen LogP) is 1.21. The number of piperazine rings is 1. The first kappa shape index (κ1) is 22.4. The highest BCUT2D eigenvalue weighted by atomic mass is 35.5. The van der Waals surface area contributed by atoms with Crippen LogP contribution in [0.4, 0.5) is 4.39 Å². The molecule has 0 aromatic heterocycles. The summed E-state index contributed by atoms with van der Waals surface area (Å²) < 4.78 is 19.5. The van der Waals surface area contributed by atoms with E-state index in [9.17, 15) is 23.6 Å². The van der Waals surface area contributed by atoms with Gasteiger partial charge in [0.15, 0.2) is 6.04 Å². The second kappa shape index (κ2) is 8.29. The summed E-state index contributed by atoms with van der Waals surface area (Å²) in [5, 5.41) is 2.37. The zero-order valence-corrected chi connectivity index (χ0v) is 18.4. The topological polar surface area (TPSA) is 96.0 Å². The molecule has 2 heterocycles. The van der Waals surface area contributed by atoms with Crippen LogP contribution >= 0.6 is 11.6 Å². The van der Waals surface area contributed by atoms with Crippen molar-refractivity contribution in [2.45, 2.75) is 44.0 Å². The lowest BCUT2D eigenvalue weighted by Crippen LogP contribution is -2.75. The quantitative estimate of drug-likeness (QED) is 0.400. The summed E-state index contributed by atoms with van der Waals surface area (Å²) >= 11 is 5.75. The van der Waals surface area contributed by atoms with E-state index in [0.29, 0.717) is 25.9 Å². The van der Waals surface area contributed by atoms with Gasteiger partial charge in [-0.05, 0) is 25.8 Å². The second-order valence-corrected chi connectivity index (χ2v) is 8.69. The lowest BCUT2D eigenvalue weighted by Gasteiger charge is -2.59. The van der Waals surface area contributed by atoms with Crippen LogP contribution in [0.25, 0.3) is 0 Å². The van der Waals surface area contributed by atoms with Crippen molar-refractivity contribution in [3.8, 4) is 0 Å². The van der Waals surface area contributed by atoms with E-state index in [-0.39, 0.29) is 28.8 Å². The number of nitrogens with one attached hydrogen (secondary N) is 1. The third-order valence-corrected chi connectivity index (χ3v) is 6.77. The Bertz CT molecular complexity index is 1040. The van der Waals surface area contributed by atoms with E-state index < -0.39 is 40.8 Å². The van der Waals surface area contributed by atoms with Gasteiger partial charge in [-0.2, -0.15) is 0 Å². The second-order valence-electron chi connectivity index (χ2n) is 8.28. The molecule has 0 bridgehead atoms. The average molecular weight is 464 g/mol. The molecule has 1 saturated carbocycles. The van der Waals surface area contributed by atoms with E-state index in [2.05, 4.69) is 5.32 Å². The normalized spacial score (nSPS) is 27.2. The smallest absolute Gasteiger partial charge is 0.257 e. The number of fused-ring (bicyclic) bond motifs is 1. The molecule has 2 aliphatic heterocycles. The molecule has 1 saturated heterocycles. The van der Waals surface area contributed by atoms with Crippen LogP contribution < -0.4 is 5.32 Å². The van der Waals surface area contributed by atoms with Crippen LogP contribution in [0.15, 0.2) is 30.0 Å². The average Bonchev–Trinajstić information content (AvgIpc) is 2.74. The van der Waals surface area contributed by atoms with Crippen LogP contribution in [0.1, 0.15) is 25.3 Å². The van der Waals surface area contributed by atoms with Crippen molar-refractivity contribution in [3.63, 3.8) is 0 Å². The van der Waals surface area contributed by atoms with Crippen LogP contribution in [0, 0.1) is 5.82 Å². The summed E-state index contributed by atoms with van der Waals surface area (Å²) in [6.45, 7) is 2.34. The molecular formula is C22H23ClFN3O5. The molecule has 2 amide bonds. The number of nitrogens with zero attached hydrogens (tertiary/aromatic N) is 2. The first-order valence-electron chi connectivity index (χ1n) is 10.3. The Morgan fingerprint density at radius 1 is 1.31 bits per heavy atom. The number of benzene rings is 1. The van der Waals surface area contributed by atoms with Gasteiger partial charge in [-0.1, -0.05) is 23.7 Å². The van der Waals surface area contributed by atoms with E-state index in [1.807, 2.05) is 6.92 Å². The van der Waals surface area contributed by atoms with Gasteiger partial charge in [0.25, 0.3) is 11.8 Å². The minimum Gasteiger partial charge on any atom is -0.381 e. The number of methoxy groups -OCH3 is 1. The van der Waals surface area contributed by atoms with Gasteiger partial charge in [0.1, 0.15) is 11.4 Å². The highest BCUT2D eigenvalue weighted by molar-refractivity contribution is 6.54. The Balaban J connectivity index is 1.57. The van der Waals surface area contributed by atoms with Gasteiger partial charge in [-0.3, -0.25) is 19.2 Å². The van der Waals surface area contributed by atoms with Gasteiger partial charge in [0.2, 0.25) is 11.6 Å². The number of hydrogen-bond acceptors (Lipinski definition) is 6. The van der Waals surface area contributed by atoms with E-state index >= 15 is 0 Å². The predicted molar refractivity (Wildman–Crippen MR) is 112 cm³/mol. The maximum absolute atomic E-state index is 14.1. The summed E-state index contributed by atoms with van der Waals surface area (Å²) in [4.78, 5) is 54.4. The maximum Gasteiger partial charge on any atom is 0.257 e. The van der Waals surface area contributed by atoms with E-state index in [1.54, 1.807) is 12.0 Å². The van der Waals surface area contributed by atoms with Gasteiger partial charge >= 0.3 is 0 Å². The first-order valence-corrected chi connectivity index (χ1v) is 10.7. The fourth-order valence-electron chi connectivity index (χ4n) is 4.82. The lowest BCUT2D eigenvalue weighted by molar-refractivity contribution is -0.173. The number of carbonyl (C=O) groups is 4. The van der Waals surface area contributed by atoms with Crippen molar-refractivity contribution >= 4 is 35.0 Å². The SMILES string of the molecule is CCN1C(=O)C2C(=O)C(=O)C(C(=O)NCc3cccc(Cl)c3F)=CN2C[C@]12C[C@@H](OC)C2. The molecule has 170 valence electrons. The Labute approximate surface area is 189 Å². The Hall–Kier alpha value is -2.78. The highest BCUT2D eigenvalue weighted by Crippen LogP contribution is 2.44. The third-order valence-electron chi connectivity index (χ3n) is 6.47. The van der Waals surface area contributed by atoms with E-state index in [1.165, 1.54) is 29.3 Å². The number of amides is 2. The van der Waals surface area contributed by atoms with Gasteiger partial charge in [0.05, 0.1) is 16.7 Å². The summed E-state index contributed by atoms with van der Waals surface area (Å²) in [7, 11) is 1.61. The Kier molecular flexibility index (Phi) is 5.81. The van der Waals surface area contributed by atoms with Crippen LogP contribution in [0.3, 0.4) is 0 Å². The minimum absolute atomic E-state index is 0.00913. The van der Waals surface area contributed by atoms with Crippen molar-refractivity contribution in [1.82, 2.24) is 15.1 Å². The first-order chi connectivity index (χ1) is 15.2. The van der Waals surface area contributed by atoms with Crippen LogP contribution in [0.5, 0.6) is 0 Å². The van der Waals surface area contributed by atoms with E-state index in [4.69, 9.17) is 16.3 Å². The molecule has 4 rings (SSSR count). The molecule has 10 heteroatoms. The molecule has 0 radical (unpaired) electrons. The molecule has 2 fully saturated rings. The van der Waals surface area contributed by atoms with Gasteiger partial charge in [-0.25, -0.2) is 4.39 Å². The Morgan fingerprint density at radius 3 is 2.69 bits per heavy atom. The number of ketones is 2. The van der Waals surface area contributed by atoms with Crippen molar-refractivity contribution in [1.29, 1.82) is 0 Å². The molecule has 8 nitrogen and oxygen atoms in total. The minimum atomic E-state index is -1.27. The molecule has 1 spiro atoms. The molecule has 1 aliphatic carbocycles. The highest BCUT2D eigenvalue weighted by Gasteiger charge is 2.59. The van der Waals surface area contributed by atoms with Gasteiger partial charge in [0, 0.05) is 38.5 Å². The van der Waals surface area contributed by atoms with Gasteiger partial charge < -0.3 is 19.9 Å². The number of Topliss-reactive ketones (excluding diaryl/α,β-unsaturated/α-hetero) is 2. The summed E-state index contributed by atoms with van der Waals surface area (Å²) in [6, 6.07) is 3.10. The van der Waals surface area contributed by atoms with Crippen LogP contribution in [-0.2, 0) is 30.5 Å². The molecule has 1 N–H and O–H groups in total. The Morgan fingerprint density at radius 2 is 2.03 bits per heavy atom. The number of ether oxygens (including phenoxy) is 1. The molecule has 1 unspecified atom stereocenters. The van der Waals surface area contributed by atoms with Crippen molar-refractivity contribution in [2.75, 3.05) is 20.2 Å². The lowest BCUT2D eigenvalue weighted by atomic mass is 9.70. The van der Waals surface area contributed by atoms with Crippen molar-refractivity contribution in [2.24, 2.45) is 0 Å². The number of likely N-dealkylation sites (N-methyl/N-ethyl adjacent to an activating group) is 1. The van der Waals surface area contributed by atoms with Crippen LogP contribution in [-0.4, -0.2) is 71.1 Å². The molecule has 1 atom stereocenters. The third kappa shape index (κ3) is 3.49. The van der Waals surface area contributed by atoms with Crippen molar-refractivity contribution in [3.05, 3.63) is 46.4 Å². The molecule has 1 aromatic rings. The molecule has 3 aliphatic rings. The summed E-state index contributed by atoms with van der Waals surface area (Å²) in [5.41, 5.74) is -0.736. The zero-order valence-electron chi connectivity index (χ0n) is 17.7. The molecular weight excluding hydrogens is 441 g/mol. The number of halogens is 2. The van der Waals surface area contributed by atoms with Crippen LogP contribution in [0.2, 0.25) is 5.02 Å². The van der Waals surface area contributed by atoms with Crippen molar-refractivity contribution < 1.29 is 28.3 Å². The maximum atomic E-state index is 14.1. The monoisotopic (exact) mass is 463 g/mol. The van der Waals surface area contributed by atoms with Gasteiger partial charge in [-0.15, -0.1) is 0 Å².